The maximum absolute atomic E-state index is 9.25. The lowest BCUT2D eigenvalue weighted by Crippen LogP contribution is -2.13. The number of fused-ring (bicyclic) bond motifs is 1. The summed E-state index contributed by atoms with van der Waals surface area (Å²) in [6.45, 7) is 0.390. The Bertz CT molecular complexity index is 497. The van der Waals surface area contributed by atoms with E-state index >= 15 is 0 Å². The molecule has 0 aliphatic rings. The van der Waals surface area contributed by atoms with Crippen LogP contribution in [0.2, 0.25) is 0 Å². The topological polar surface area (TPSA) is 45.6 Å². The van der Waals surface area contributed by atoms with Crippen molar-refractivity contribution in [2.24, 2.45) is 0 Å². The van der Waals surface area contributed by atoms with Crippen LogP contribution in [-0.4, -0.2) is 29.4 Å². The molecule has 2 aromatic rings. The standard InChI is InChI=1S/C12H14N2O2/c1-14(15)8-10-7-9-5-3-4-6-11(9)13-12(10)16-2/h3-7,15H,8H2,1-2H3. The molecule has 0 saturated heterocycles. The Morgan fingerprint density at radius 1 is 1.38 bits per heavy atom. The summed E-state index contributed by atoms with van der Waals surface area (Å²) in [6.07, 6.45) is 0. The van der Waals surface area contributed by atoms with E-state index in [0.29, 0.717) is 12.4 Å². The molecule has 0 bridgehead atoms. The van der Waals surface area contributed by atoms with Gasteiger partial charge in [-0.25, -0.2) is 4.98 Å². The molecule has 0 unspecified atom stereocenters. The quantitative estimate of drug-likeness (QED) is 0.801. The molecule has 0 atom stereocenters. The van der Waals surface area contributed by atoms with E-state index in [0.717, 1.165) is 21.5 Å². The maximum Gasteiger partial charge on any atom is 0.218 e. The summed E-state index contributed by atoms with van der Waals surface area (Å²) >= 11 is 0. The number of hydrogen-bond donors (Lipinski definition) is 1. The summed E-state index contributed by atoms with van der Waals surface area (Å²) in [5.41, 5.74) is 1.76. The lowest BCUT2D eigenvalue weighted by Gasteiger charge is -2.12. The normalized spacial score (nSPS) is 11.0. The van der Waals surface area contributed by atoms with E-state index in [9.17, 15) is 5.21 Å². The van der Waals surface area contributed by atoms with Crippen LogP contribution < -0.4 is 4.74 Å². The van der Waals surface area contributed by atoms with E-state index in [2.05, 4.69) is 4.98 Å². The van der Waals surface area contributed by atoms with Gasteiger partial charge in [0.25, 0.3) is 0 Å². The number of hydrogen-bond acceptors (Lipinski definition) is 4. The summed E-state index contributed by atoms with van der Waals surface area (Å²) in [7, 11) is 3.17. The van der Waals surface area contributed by atoms with Crippen molar-refractivity contribution in [3.8, 4) is 5.88 Å². The summed E-state index contributed by atoms with van der Waals surface area (Å²) in [6, 6.07) is 9.80. The van der Waals surface area contributed by atoms with Gasteiger partial charge in [0.1, 0.15) is 0 Å². The minimum atomic E-state index is 0.390. The summed E-state index contributed by atoms with van der Waals surface area (Å²) in [5, 5.41) is 11.4. The molecule has 0 fully saturated rings. The first-order valence-corrected chi connectivity index (χ1v) is 5.03. The van der Waals surface area contributed by atoms with E-state index in [4.69, 9.17) is 4.74 Å². The van der Waals surface area contributed by atoms with E-state index in [1.165, 1.54) is 0 Å². The van der Waals surface area contributed by atoms with Crippen LogP contribution in [0.1, 0.15) is 5.56 Å². The van der Waals surface area contributed by atoms with Gasteiger partial charge in [-0.15, -0.1) is 0 Å². The van der Waals surface area contributed by atoms with Gasteiger partial charge in [0.15, 0.2) is 0 Å². The third kappa shape index (κ3) is 2.13. The van der Waals surface area contributed by atoms with Crippen LogP contribution in [0.15, 0.2) is 30.3 Å². The van der Waals surface area contributed by atoms with Crippen LogP contribution in [-0.2, 0) is 6.54 Å². The van der Waals surface area contributed by atoms with Gasteiger partial charge in [-0.05, 0) is 12.1 Å². The first-order chi connectivity index (χ1) is 7.70. The Morgan fingerprint density at radius 3 is 2.81 bits per heavy atom. The van der Waals surface area contributed by atoms with Crippen molar-refractivity contribution in [2.45, 2.75) is 6.54 Å². The molecular formula is C12H14N2O2. The largest absolute Gasteiger partial charge is 0.481 e. The third-order valence-electron chi connectivity index (χ3n) is 2.36. The molecule has 1 N–H and O–H groups in total. The van der Waals surface area contributed by atoms with E-state index < -0.39 is 0 Å². The van der Waals surface area contributed by atoms with Gasteiger partial charge >= 0.3 is 0 Å². The van der Waals surface area contributed by atoms with Crippen LogP contribution in [0.3, 0.4) is 0 Å². The Labute approximate surface area is 94.0 Å². The van der Waals surface area contributed by atoms with E-state index in [1.807, 2.05) is 30.3 Å². The number of hydroxylamine groups is 2. The summed E-state index contributed by atoms with van der Waals surface area (Å²) in [4.78, 5) is 4.39. The minimum absolute atomic E-state index is 0.390. The number of nitrogens with zero attached hydrogens (tertiary/aromatic N) is 2. The van der Waals surface area contributed by atoms with Crippen molar-refractivity contribution < 1.29 is 9.94 Å². The van der Waals surface area contributed by atoms with Gasteiger partial charge in [-0.1, -0.05) is 18.2 Å². The Hall–Kier alpha value is -1.65. The minimum Gasteiger partial charge on any atom is -0.481 e. The SMILES string of the molecule is COc1nc2ccccc2cc1CN(C)O. The zero-order chi connectivity index (χ0) is 11.5. The monoisotopic (exact) mass is 218 g/mol. The highest BCUT2D eigenvalue weighted by molar-refractivity contribution is 5.79. The van der Waals surface area contributed by atoms with E-state index in [1.54, 1.807) is 14.2 Å². The smallest absolute Gasteiger partial charge is 0.218 e. The highest BCUT2D eigenvalue weighted by Crippen LogP contribution is 2.22. The Morgan fingerprint density at radius 2 is 2.12 bits per heavy atom. The Kier molecular flexibility index (Phi) is 3.03. The molecule has 1 aromatic carbocycles. The van der Waals surface area contributed by atoms with Crippen LogP contribution >= 0.6 is 0 Å². The predicted molar refractivity (Wildman–Crippen MR) is 61.5 cm³/mol. The highest BCUT2D eigenvalue weighted by atomic mass is 16.5. The molecule has 2 rings (SSSR count). The first-order valence-electron chi connectivity index (χ1n) is 5.03. The third-order valence-corrected chi connectivity index (χ3v) is 2.36. The van der Waals surface area contributed by atoms with Gasteiger partial charge in [-0.2, -0.15) is 5.06 Å². The zero-order valence-corrected chi connectivity index (χ0v) is 9.34. The molecule has 0 radical (unpaired) electrons. The van der Waals surface area contributed by atoms with Crippen LogP contribution in [0.4, 0.5) is 0 Å². The number of para-hydroxylation sites is 1. The van der Waals surface area contributed by atoms with Crippen molar-refractivity contribution in [3.05, 3.63) is 35.9 Å². The van der Waals surface area contributed by atoms with Crippen LogP contribution in [0, 0.1) is 0 Å². The molecule has 0 saturated carbocycles. The fourth-order valence-corrected chi connectivity index (χ4v) is 1.68. The number of ether oxygens (including phenoxy) is 1. The maximum atomic E-state index is 9.25. The lowest BCUT2D eigenvalue weighted by atomic mass is 10.1. The van der Waals surface area contributed by atoms with Crippen molar-refractivity contribution in [1.82, 2.24) is 10.0 Å². The molecule has 4 nitrogen and oxygen atoms in total. The number of pyridine rings is 1. The van der Waals surface area contributed by atoms with Crippen molar-refractivity contribution >= 4 is 10.9 Å². The molecular weight excluding hydrogens is 204 g/mol. The number of benzene rings is 1. The number of rotatable bonds is 3. The van der Waals surface area contributed by atoms with Crippen molar-refractivity contribution in [3.63, 3.8) is 0 Å². The second-order valence-corrected chi connectivity index (χ2v) is 3.67. The molecule has 16 heavy (non-hydrogen) atoms. The van der Waals surface area contributed by atoms with Crippen molar-refractivity contribution in [1.29, 1.82) is 0 Å². The molecule has 0 spiro atoms. The molecule has 0 amide bonds. The van der Waals surface area contributed by atoms with Gasteiger partial charge in [0, 0.05) is 18.0 Å². The highest BCUT2D eigenvalue weighted by Gasteiger charge is 2.08. The average Bonchev–Trinajstić information content (AvgIpc) is 2.27. The Balaban J connectivity index is 2.53. The van der Waals surface area contributed by atoms with Crippen molar-refractivity contribution in [2.75, 3.05) is 14.2 Å². The number of methoxy groups -OCH3 is 1. The first kappa shape index (κ1) is 10.9. The summed E-state index contributed by atoms with van der Waals surface area (Å²) in [5.74, 6) is 0.555. The average molecular weight is 218 g/mol. The molecule has 1 aromatic heterocycles. The lowest BCUT2D eigenvalue weighted by molar-refractivity contribution is -0.0736. The van der Waals surface area contributed by atoms with Crippen LogP contribution in [0.25, 0.3) is 10.9 Å². The predicted octanol–water partition coefficient (Wildman–Crippen LogP) is 2.06. The molecule has 4 heteroatoms. The fraction of sp³-hybridized carbons (Fsp3) is 0.250. The van der Waals surface area contributed by atoms with Gasteiger partial charge < -0.3 is 9.94 Å². The van der Waals surface area contributed by atoms with Gasteiger partial charge in [0.2, 0.25) is 5.88 Å². The second-order valence-electron chi connectivity index (χ2n) is 3.67. The molecule has 0 aliphatic carbocycles. The second kappa shape index (κ2) is 4.47. The zero-order valence-electron chi connectivity index (χ0n) is 9.34. The van der Waals surface area contributed by atoms with E-state index in [-0.39, 0.29) is 0 Å². The molecule has 84 valence electrons. The van der Waals surface area contributed by atoms with Crippen LogP contribution in [0.5, 0.6) is 5.88 Å². The van der Waals surface area contributed by atoms with Gasteiger partial charge in [0.05, 0.1) is 19.2 Å². The fourth-order valence-electron chi connectivity index (χ4n) is 1.68. The van der Waals surface area contributed by atoms with Gasteiger partial charge in [-0.3, -0.25) is 0 Å². The summed E-state index contributed by atoms with van der Waals surface area (Å²) < 4.78 is 5.21. The molecule has 1 heterocycles. The molecule has 0 aliphatic heterocycles. The number of aromatic nitrogens is 1.